The van der Waals surface area contributed by atoms with Crippen LogP contribution in [0.15, 0.2) is 18.2 Å². The summed E-state index contributed by atoms with van der Waals surface area (Å²) < 4.78 is 46.1. The summed E-state index contributed by atoms with van der Waals surface area (Å²) in [5, 5.41) is 0. The zero-order chi connectivity index (χ0) is 13.8. The quantitative estimate of drug-likeness (QED) is 0.888. The average molecular weight is 263 g/mol. The smallest absolute Gasteiger partial charge is 0.392 e. The summed E-state index contributed by atoms with van der Waals surface area (Å²) >= 11 is 0. The first-order valence-electron chi connectivity index (χ1n) is 5.46. The number of ether oxygens (including phenoxy) is 2. The van der Waals surface area contributed by atoms with Crippen LogP contribution >= 0.6 is 0 Å². The zero-order valence-corrected chi connectivity index (χ0v) is 10.3. The van der Waals surface area contributed by atoms with Crippen molar-refractivity contribution in [3.8, 4) is 11.5 Å². The van der Waals surface area contributed by atoms with E-state index in [1.807, 2.05) is 0 Å². The summed E-state index contributed by atoms with van der Waals surface area (Å²) in [5.41, 5.74) is 6.53. The molecule has 0 aliphatic heterocycles. The van der Waals surface area contributed by atoms with E-state index in [1.54, 1.807) is 25.1 Å². The molecule has 0 fully saturated rings. The first kappa shape index (κ1) is 14.6. The van der Waals surface area contributed by atoms with Gasteiger partial charge in [-0.15, -0.1) is 0 Å². The summed E-state index contributed by atoms with van der Waals surface area (Å²) in [6.07, 6.45) is -5.22. The molecule has 0 spiro atoms. The van der Waals surface area contributed by atoms with Crippen LogP contribution in [0.4, 0.5) is 13.2 Å². The maximum atomic E-state index is 12.0. The highest BCUT2D eigenvalue weighted by atomic mass is 19.4. The van der Waals surface area contributed by atoms with E-state index in [4.69, 9.17) is 15.2 Å². The maximum absolute atomic E-state index is 12.0. The van der Waals surface area contributed by atoms with Crippen molar-refractivity contribution in [2.45, 2.75) is 25.6 Å². The van der Waals surface area contributed by atoms with Gasteiger partial charge in [0, 0.05) is 6.04 Å². The highest BCUT2D eigenvalue weighted by Gasteiger charge is 2.27. The van der Waals surface area contributed by atoms with Crippen molar-refractivity contribution in [3.05, 3.63) is 23.8 Å². The van der Waals surface area contributed by atoms with E-state index >= 15 is 0 Å². The number of hydrogen-bond donors (Lipinski definition) is 1. The monoisotopic (exact) mass is 263 g/mol. The van der Waals surface area contributed by atoms with Crippen LogP contribution in [0, 0.1) is 0 Å². The molecule has 0 aromatic heterocycles. The lowest BCUT2D eigenvalue weighted by atomic mass is 10.1. The lowest BCUT2D eigenvalue weighted by molar-refractivity contribution is -0.139. The third-order valence-electron chi connectivity index (χ3n) is 2.36. The molecule has 0 aliphatic carbocycles. The molecule has 1 atom stereocenters. The molecule has 0 amide bonds. The lowest BCUT2D eigenvalue weighted by Gasteiger charge is -2.14. The van der Waals surface area contributed by atoms with Crippen molar-refractivity contribution in [2.75, 3.05) is 13.7 Å². The van der Waals surface area contributed by atoms with Crippen LogP contribution < -0.4 is 15.2 Å². The molecule has 6 heteroatoms. The Morgan fingerprint density at radius 1 is 1.28 bits per heavy atom. The number of methoxy groups -OCH3 is 1. The molecular formula is C12H16F3NO2. The number of benzene rings is 1. The minimum Gasteiger partial charge on any atom is -0.493 e. The molecule has 18 heavy (non-hydrogen) atoms. The number of hydrogen-bond acceptors (Lipinski definition) is 3. The predicted octanol–water partition coefficient (Wildman–Crippen LogP) is 3.05. The molecule has 0 saturated carbocycles. The van der Waals surface area contributed by atoms with Crippen molar-refractivity contribution in [2.24, 2.45) is 5.73 Å². The van der Waals surface area contributed by atoms with E-state index in [9.17, 15) is 13.2 Å². The van der Waals surface area contributed by atoms with Gasteiger partial charge in [-0.25, -0.2) is 0 Å². The molecule has 0 radical (unpaired) electrons. The zero-order valence-electron chi connectivity index (χ0n) is 10.3. The number of nitrogens with two attached hydrogens (primary N) is 1. The van der Waals surface area contributed by atoms with Crippen LogP contribution in [-0.2, 0) is 0 Å². The molecule has 0 unspecified atom stereocenters. The standard InChI is InChI=1S/C12H16F3NO2/c1-8(16)9-3-4-10(11(7-9)17-2)18-6-5-12(13,14)15/h3-4,7-8H,5-6,16H2,1-2H3/t8-/m1/s1. The Hall–Kier alpha value is -1.43. The highest BCUT2D eigenvalue weighted by Crippen LogP contribution is 2.30. The van der Waals surface area contributed by atoms with Gasteiger partial charge >= 0.3 is 6.18 Å². The minimum atomic E-state index is -4.22. The van der Waals surface area contributed by atoms with E-state index in [0.717, 1.165) is 5.56 Å². The van der Waals surface area contributed by atoms with Gasteiger partial charge in [-0.2, -0.15) is 13.2 Å². The van der Waals surface area contributed by atoms with Crippen molar-refractivity contribution >= 4 is 0 Å². The van der Waals surface area contributed by atoms with E-state index in [1.165, 1.54) is 7.11 Å². The van der Waals surface area contributed by atoms with Crippen LogP contribution in [0.1, 0.15) is 24.9 Å². The van der Waals surface area contributed by atoms with Crippen LogP contribution in [0.25, 0.3) is 0 Å². The lowest BCUT2D eigenvalue weighted by Crippen LogP contribution is -2.13. The molecule has 2 N–H and O–H groups in total. The third-order valence-corrected chi connectivity index (χ3v) is 2.36. The Balaban J connectivity index is 2.71. The topological polar surface area (TPSA) is 44.5 Å². The first-order valence-corrected chi connectivity index (χ1v) is 5.46. The second kappa shape index (κ2) is 5.95. The normalized spacial score (nSPS) is 13.2. The Bertz CT molecular complexity index is 391. The van der Waals surface area contributed by atoms with E-state index < -0.39 is 19.2 Å². The van der Waals surface area contributed by atoms with Crippen LogP contribution in [0.5, 0.6) is 11.5 Å². The van der Waals surface area contributed by atoms with E-state index in [-0.39, 0.29) is 11.8 Å². The summed E-state index contributed by atoms with van der Waals surface area (Å²) in [7, 11) is 1.43. The number of rotatable bonds is 5. The van der Waals surface area contributed by atoms with Crippen LogP contribution in [0.3, 0.4) is 0 Å². The van der Waals surface area contributed by atoms with E-state index in [2.05, 4.69) is 0 Å². The van der Waals surface area contributed by atoms with Crippen molar-refractivity contribution < 1.29 is 22.6 Å². The Kier molecular flexibility index (Phi) is 4.84. The second-order valence-corrected chi connectivity index (χ2v) is 3.91. The summed E-state index contributed by atoms with van der Waals surface area (Å²) in [5.74, 6) is 0.665. The molecule has 102 valence electrons. The van der Waals surface area contributed by atoms with Gasteiger partial charge in [-0.05, 0) is 24.6 Å². The van der Waals surface area contributed by atoms with Gasteiger partial charge in [-0.1, -0.05) is 6.07 Å². The van der Waals surface area contributed by atoms with Crippen molar-refractivity contribution in [1.29, 1.82) is 0 Å². The van der Waals surface area contributed by atoms with Gasteiger partial charge in [0.2, 0.25) is 0 Å². The average Bonchev–Trinajstić information content (AvgIpc) is 2.27. The molecule has 0 bridgehead atoms. The number of halogens is 3. The van der Waals surface area contributed by atoms with Gasteiger partial charge in [0.05, 0.1) is 20.1 Å². The van der Waals surface area contributed by atoms with E-state index in [0.29, 0.717) is 5.75 Å². The molecule has 1 aromatic carbocycles. The fourth-order valence-electron chi connectivity index (χ4n) is 1.36. The number of alkyl halides is 3. The minimum absolute atomic E-state index is 0.178. The highest BCUT2D eigenvalue weighted by molar-refractivity contribution is 5.43. The van der Waals surface area contributed by atoms with Crippen molar-refractivity contribution in [1.82, 2.24) is 0 Å². The molecule has 3 nitrogen and oxygen atoms in total. The predicted molar refractivity (Wildman–Crippen MR) is 61.8 cm³/mol. The largest absolute Gasteiger partial charge is 0.493 e. The molecule has 1 rings (SSSR count). The van der Waals surface area contributed by atoms with Crippen LogP contribution in [-0.4, -0.2) is 19.9 Å². The molecule has 0 aliphatic rings. The van der Waals surface area contributed by atoms with Gasteiger partial charge in [0.1, 0.15) is 0 Å². The van der Waals surface area contributed by atoms with Gasteiger partial charge < -0.3 is 15.2 Å². The summed E-state index contributed by atoms with van der Waals surface area (Å²) in [6, 6.07) is 4.75. The fraction of sp³-hybridized carbons (Fsp3) is 0.500. The van der Waals surface area contributed by atoms with Gasteiger partial charge in [0.15, 0.2) is 11.5 Å². The summed E-state index contributed by atoms with van der Waals surface area (Å²) in [4.78, 5) is 0. The Labute approximate surface area is 104 Å². The van der Waals surface area contributed by atoms with Gasteiger partial charge in [-0.3, -0.25) is 0 Å². The Morgan fingerprint density at radius 2 is 1.94 bits per heavy atom. The van der Waals surface area contributed by atoms with Gasteiger partial charge in [0.25, 0.3) is 0 Å². The maximum Gasteiger partial charge on any atom is 0.392 e. The Morgan fingerprint density at radius 3 is 2.44 bits per heavy atom. The molecule has 0 saturated heterocycles. The van der Waals surface area contributed by atoms with Crippen molar-refractivity contribution in [3.63, 3.8) is 0 Å². The molecule has 0 heterocycles. The fourth-order valence-corrected chi connectivity index (χ4v) is 1.36. The molecular weight excluding hydrogens is 247 g/mol. The SMILES string of the molecule is COc1cc([C@@H](C)N)ccc1OCCC(F)(F)F. The summed E-state index contributed by atoms with van der Waals surface area (Å²) in [6.45, 7) is 1.37. The molecule has 1 aromatic rings. The third kappa shape index (κ3) is 4.44. The second-order valence-electron chi connectivity index (χ2n) is 3.91. The first-order chi connectivity index (χ1) is 8.33. The van der Waals surface area contributed by atoms with Crippen LogP contribution in [0.2, 0.25) is 0 Å².